The van der Waals surface area contributed by atoms with Crippen LogP contribution in [0.3, 0.4) is 0 Å². The summed E-state index contributed by atoms with van der Waals surface area (Å²) in [6.07, 6.45) is 2.26. The normalized spacial score (nSPS) is 24.3. The van der Waals surface area contributed by atoms with Crippen LogP contribution in [-0.2, 0) is 0 Å². The number of halogens is 1. The van der Waals surface area contributed by atoms with Crippen LogP contribution in [0.15, 0.2) is 18.2 Å². The maximum Gasteiger partial charge on any atom is 0.125 e. The zero-order valence-electron chi connectivity index (χ0n) is 11.5. The average Bonchev–Trinajstić information content (AvgIpc) is 2.28. The fourth-order valence-electron chi connectivity index (χ4n) is 2.91. The fraction of sp³-hybridized carbons (Fsp3) is 0.600. The van der Waals surface area contributed by atoms with Crippen LogP contribution in [0.5, 0.6) is 0 Å². The van der Waals surface area contributed by atoms with Gasteiger partial charge in [0.15, 0.2) is 0 Å². The van der Waals surface area contributed by atoms with E-state index in [0.717, 1.165) is 37.2 Å². The van der Waals surface area contributed by atoms with Crippen LogP contribution in [0.2, 0.25) is 0 Å². The van der Waals surface area contributed by atoms with Gasteiger partial charge in [0.2, 0.25) is 0 Å². The monoisotopic (exact) mass is 250 g/mol. The second kappa shape index (κ2) is 5.70. The number of hydrogen-bond acceptors (Lipinski definition) is 2. The maximum absolute atomic E-state index is 13.5. The Morgan fingerprint density at radius 2 is 2.17 bits per heavy atom. The molecule has 18 heavy (non-hydrogen) atoms. The molecule has 1 saturated heterocycles. The lowest BCUT2D eigenvalue weighted by Crippen LogP contribution is -2.47. The van der Waals surface area contributed by atoms with E-state index in [4.69, 9.17) is 0 Å². The van der Waals surface area contributed by atoms with Gasteiger partial charge in [-0.15, -0.1) is 0 Å². The zero-order valence-corrected chi connectivity index (χ0v) is 11.5. The van der Waals surface area contributed by atoms with Crippen LogP contribution in [0, 0.1) is 12.7 Å². The smallest absolute Gasteiger partial charge is 0.125 e. The van der Waals surface area contributed by atoms with Gasteiger partial charge in [-0.05, 0) is 57.0 Å². The first-order valence-corrected chi connectivity index (χ1v) is 6.87. The first kappa shape index (κ1) is 13.3. The molecule has 0 radical (unpaired) electrons. The fourth-order valence-corrected chi connectivity index (χ4v) is 2.91. The summed E-state index contributed by atoms with van der Waals surface area (Å²) in [6, 6.07) is 6.38. The minimum Gasteiger partial charge on any atom is -0.369 e. The summed E-state index contributed by atoms with van der Waals surface area (Å²) in [7, 11) is 0. The van der Waals surface area contributed by atoms with E-state index < -0.39 is 0 Å². The molecule has 100 valence electrons. The minimum atomic E-state index is -0.133. The third kappa shape index (κ3) is 3.02. The van der Waals surface area contributed by atoms with Crippen molar-refractivity contribution in [3.8, 4) is 0 Å². The van der Waals surface area contributed by atoms with E-state index in [9.17, 15) is 4.39 Å². The molecular formula is C15H23FN2. The summed E-state index contributed by atoms with van der Waals surface area (Å²) in [5.41, 5.74) is 2.01. The minimum absolute atomic E-state index is 0.133. The van der Waals surface area contributed by atoms with Crippen molar-refractivity contribution in [2.24, 2.45) is 0 Å². The van der Waals surface area contributed by atoms with Crippen molar-refractivity contribution in [3.63, 3.8) is 0 Å². The summed E-state index contributed by atoms with van der Waals surface area (Å²) >= 11 is 0. The van der Waals surface area contributed by atoms with Crippen molar-refractivity contribution in [1.82, 2.24) is 5.32 Å². The van der Waals surface area contributed by atoms with Gasteiger partial charge < -0.3 is 10.2 Å². The van der Waals surface area contributed by atoms with Crippen molar-refractivity contribution < 1.29 is 4.39 Å². The van der Waals surface area contributed by atoms with E-state index in [1.54, 1.807) is 12.1 Å². The highest BCUT2D eigenvalue weighted by atomic mass is 19.1. The second-order valence-corrected chi connectivity index (χ2v) is 5.31. The van der Waals surface area contributed by atoms with Crippen LogP contribution in [0.4, 0.5) is 10.1 Å². The van der Waals surface area contributed by atoms with E-state index in [0.29, 0.717) is 12.1 Å². The molecule has 0 saturated carbocycles. The number of rotatable bonds is 3. The zero-order chi connectivity index (χ0) is 13.1. The molecule has 1 aliphatic rings. The average molecular weight is 250 g/mol. The van der Waals surface area contributed by atoms with E-state index >= 15 is 0 Å². The van der Waals surface area contributed by atoms with Gasteiger partial charge in [0.1, 0.15) is 5.82 Å². The van der Waals surface area contributed by atoms with Gasteiger partial charge in [-0.1, -0.05) is 6.92 Å². The molecule has 1 heterocycles. The van der Waals surface area contributed by atoms with Crippen LogP contribution in [-0.4, -0.2) is 25.2 Å². The Kier molecular flexibility index (Phi) is 4.23. The van der Waals surface area contributed by atoms with E-state index in [1.165, 1.54) is 0 Å². The van der Waals surface area contributed by atoms with E-state index in [2.05, 4.69) is 30.1 Å². The van der Waals surface area contributed by atoms with E-state index in [-0.39, 0.29) is 5.82 Å². The summed E-state index contributed by atoms with van der Waals surface area (Å²) in [4.78, 5) is 2.32. The lowest BCUT2D eigenvalue weighted by molar-refractivity contribution is 0.374. The SMILES string of the molecule is CCNC1CCN(c2cc(C)cc(F)c2)C(C)C1. The maximum atomic E-state index is 13.5. The highest BCUT2D eigenvalue weighted by Gasteiger charge is 2.25. The van der Waals surface area contributed by atoms with Crippen molar-refractivity contribution in [3.05, 3.63) is 29.6 Å². The Balaban J connectivity index is 2.10. The Morgan fingerprint density at radius 3 is 2.78 bits per heavy atom. The number of hydrogen-bond donors (Lipinski definition) is 1. The van der Waals surface area contributed by atoms with Crippen LogP contribution in [0.1, 0.15) is 32.3 Å². The predicted molar refractivity (Wildman–Crippen MR) is 74.6 cm³/mol. The largest absolute Gasteiger partial charge is 0.369 e. The molecule has 0 aromatic heterocycles. The highest BCUT2D eigenvalue weighted by molar-refractivity contribution is 5.50. The highest BCUT2D eigenvalue weighted by Crippen LogP contribution is 2.26. The van der Waals surface area contributed by atoms with Crippen molar-refractivity contribution in [2.75, 3.05) is 18.0 Å². The number of aryl methyl sites for hydroxylation is 1. The Bertz CT molecular complexity index is 385. The van der Waals surface area contributed by atoms with Gasteiger partial charge in [0, 0.05) is 24.3 Å². The molecule has 2 unspecified atom stereocenters. The third-order valence-corrected chi connectivity index (χ3v) is 3.73. The van der Waals surface area contributed by atoms with Gasteiger partial charge in [0.25, 0.3) is 0 Å². The molecule has 2 nitrogen and oxygen atoms in total. The quantitative estimate of drug-likeness (QED) is 0.886. The number of nitrogens with zero attached hydrogens (tertiary/aromatic N) is 1. The number of piperidine rings is 1. The number of benzene rings is 1. The molecule has 0 aliphatic carbocycles. The molecule has 2 atom stereocenters. The first-order chi connectivity index (χ1) is 8.60. The number of nitrogens with one attached hydrogen (secondary N) is 1. The molecule has 0 bridgehead atoms. The number of anilines is 1. The Labute approximate surface area is 109 Å². The summed E-state index contributed by atoms with van der Waals surface area (Å²) in [5, 5.41) is 3.51. The van der Waals surface area contributed by atoms with Crippen molar-refractivity contribution in [2.45, 2.75) is 45.7 Å². The Hall–Kier alpha value is -1.09. The van der Waals surface area contributed by atoms with Crippen LogP contribution < -0.4 is 10.2 Å². The molecule has 3 heteroatoms. The molecule has 0 spiro atoms. The van der Waals surface area contributed by atoms with Crippen LogP contribution in [0.25, 0.3) is 0 Å². The second-order valence-electron chi connectivity index (χ2n) is 5.31. The molecule has 0 amide bonds. The van der Waals surface area contributed by atoms with Gasteiger partial charge in [-0.25, -0.2) is 4.39 Å². The third-order valence-electron chi connectivity index (χ3n) is 3.73. The van der Waals surface area contributed by atoms with Crippen molar-refractivity contribution >= 4 is 5.69 Å². The van der Waals surface area contributed by atoms with E-state index in [1.807, 2.05) is 6.92 Å². The van der Waals surface area contributed by atoms with Gasteiger partial charge in [-0.2, -0.15) is 0 Å². The standard InChI is InChI=1S/C15H23FN2/c1-4-17-14-5-6-18(12(3)9-14)15-8-11(2)7-13(16)10-15/h7-8,10,12,14,17H,4-6,9H2,1-3H3. The first-order valence-electron chi connectivity index (χ1n) is 6.87. The predicted octanol–water partition coefficient (Wildman–Crippen LogP) is 3.10. The van der Waals surface area contributed by atoms with Gasteiger partial charge in [0.05, 0.1) is 0 Å². The van der Waals surface area contributed by atoms with Gasteiger partial charge >= 0.3 is 0 Å². The molecule has 1 fully saturated rings. The summed E-state index contributed by atoms with van der Waals surface area (Å²) in [5.74, 6) is -0.133. The Morgan fingerprint density at radius 1 is 1.39 bits per heavy atom. The molecule has 1 aromatic rings. The van der Waals surface area contributed by atoms with Crippen LogP contribution >= 0.6 is 0 Å². The molecule has 1 aliphatic heterocycles. The topological polar surface area (TPSA) is 15.3 Å². The molecular weight excluding hydrogens is 227 g/mol. The van der Waals surface area contributed by atoms with Gasteiger partial charge in [-0.3, -0.25) is 0 Å². The van der Waals surface area contributed by atoms with Crippen molar-refractivity contribution in [1.29, 1.82) is 0 Å². The molecule has 2 rings (SSSR count). The lowest BCUT2D eigenvalue weighted by atomic mass is 9.97. The summed E-state index contributed by atoms with van der Waals surface area (Å²) in [6.45, 7) is 8.34. The molecule has 1 N–H and O–H groups in total. The lowest BCUT2D eigenvalue weighted by Gasteiger charge is -2.39. The molecule has 1 aromatic carbocycles. The summed E-state index contributed by atoms with van der Waals surface area (Å²) < 4.78 is 13.5.